The van der Waals surface area contributed by atoms with Crippen molar-refractivity contribution in [3.05, 3.63) is 0 Å². The maximum Gasteiger partial charge on any atom is 0.270 e. The summed E-state index contributed by atoms with van der Waals surface area (Å²) in [7, 11) is 0. The van der Waals surface area contributed by atoms with Crippen LogP contribution in [0.5, 0.6) is 0 Å². The number of likely N-dealkylation sites (N-methyl/N-ethyl adjacent to an activating group) is 1. The quantitative estimate of drug-likeness (QED) is 0.410. The molecule has 0 aromatic heterocycles. The van der Waals surface area contributed by atoms with Gasteiger partial charge in [-0.05, 0) is 6.54 Å². The Balaban J connectivity index is 3.39. The molecule has 0 atom stereocenters. The van der Waals surface area contributed by atoms with E-state index in [2.05, 4.69) is 10.3 Å². The molecule has 0 saturated heterocycles. The summed E-state index contributed by atoms with van der Waals surface area (Å²) in [6.07, 6.45) is 1.16. The summed E-state index contributed by atoms with van der Waals surface area (Å²) >= 11 is 0. The zero-order valence-electron chi connectivity index (χ0n) is 5.18. The molecular formula is C5H8N2O2. The van der Waals surface area contributed by atoms with Crippen molar-refractivity contribution in [1.29, 1.82) is 0 Å². The minimum atomic E-state index is -0.480. The van der Waals surface area contributed by atoms with Gasteiger partial charge in [-0.15, -0.1) is 4.99 Å². The summed E-state index contributed by atoms with van der Waals surface area (Å²) in [5, 5.41) is 2.71. The molecule has 50 valence electrons. The summed E-state index contributed by atoms with van der Waals surface area (Å²) in [5.41, 5.74) is 0. The number of amides is 1. The van der Waals surface area contributed by atoms with Crippen molar-refractivity contribution < 1.29 is 9.59 Å². The fraction of sp³-hybridized carbons (Fsp3) is 0.600. The fourth-order valence-electron chi connectivity index (χ4n) is 0.322. The zero-order valence-corrected chi connectivity index (χ0v) is 5.18. The van der Waals surface area contributed by atoms with Gasteiger partial charge in [0.2, 0.25) is 6.08 Å². The first-order valence-corrected chi connectivity index (χ1v) is 2.62. The topological polar surface area (TPSA) is 58.5 Å². The summed E-state index contributed by atoms with van der Waals surface area (Å²) < 4.78 is 0. The molecule has 0 spiro atoms. The van der Waals surface area contributed by atoms with Gasteiger partial charge >= 0.3 is 0 Å². The van der Waals surface area contributed by atoms with Gasteiger partial charge in [0.1, 0.15) is 0 Å². The minimum absolute atomic E-state index is 0.117. The molecule has 0 aromatic rings. The predicted octanol–water partition coefficient (Wildman–Crippen LogP) is -0.542. The number of nitrogens with one attached hydrogen (secondary N) is 1. The van der Waals surface area contributed by atoms with Crippen LogP contribution in [0.25, 0.3) is 0 Å². The van der Waals surface area contributed by atoms with Gasteiger partial charge in [-0.2, -0.15) is 0 Å². The molecule has 9 heavy (non-hydrogen) atoms. The highest BCUT2D eigenvalue weighted by Crippen LogP contribution is 1.67. The van der Waals surface area contributed by atoms with E-state index in [4.69, 9.17) is 0 Å². The van der Waals surface area contributed by atoms with Crippen molar-refractivity contribution in [2.45, 2.75) is 6.92 Å². The normalized spacial score (nSPS) is 8.11. The van der Waals surface area contributed by atoms with Gasteiger partial charge in [0.25, 0.3) is 5.91 Å². The monoisotopic (exact) mass is 128 g/mol. The predicted molar refractivity (Wildman–Crippen MR) is 31.7 cm³/mol. The number of nitrogens with zero attached hydrogens (tertiary/aromatic N) is 1. The van der Waals surface area contributed by atoms with Crippen LogP contribution >= 0.6 is 0 Å². The molecule has 0 bridgehead atoms. The van der Waals surface area contributed by atoms with Gasteiger partial charge in [-0.1, -0.05) is 6.92 Å². The van der Waals surface area contributed by atoms with Crippen molar-refractivity contribution in [3.63, 3.8) is 0 Å². The number of hydrogen-bond donors (Lipinski definition) is 1. The molecule has 0 aliphatic carbocycles. The number of rotatable bonds is 3. The van der Waals surface area contributed by atoms with Gasteiger partial charge in [-0.3, -0.25) is 4.79 Å². The first-order valence-electron chi connectivity index (χ1n) is 2.62. The van der Waals surface area contributed by atoms with E-state index < -0.39 is 5.91 Å². The molecule has 0 radical (unpaired) electrons. The van der Waals surface area contributed by atoms with Gasteiger partial charge < -0.3 is 5.32 Å². The maximum absolute atomic E-state index is 10.3. The molecule has 0 aliphatic heterocycles. The number of carbonyl (C=O) groups is 1. The lowest BCUT2D eigenvalue weighted by Crippen LogP contribution is -2.20. The number of aliphatic imine (C=N–C) groups is 1. The van der Waals surface area contributed by atoms with Crippen LogP contribution in [0, 0.1) is 0 Å². The molecule has 0 aromatic carbocycles. The van der Waals surface area contributed by atoms with E-state index in [0.717, 1.165) is 6.08 Å². The van der Waals surface area contributed by atoms with E-state index >= 15 is 0 Å². The van der Waals surface area contributed by atoms with E-state index in [1.54, 1.807) is 0 Å². The lowest BCUT2D eigenvalue weighted by atomic mass is 10.6. The van der Waals surface area contributed by atoms with Gasteiger partial charge in [-0.25, -0.2) is 4.79 Å². The molecule has 0 saturated carbocycles. The largest absolute Gasteiger partial charge is 0.309 e. The van der Waals surface area contributed by atoms with E-state index in [0.29, 0.717) is 6.54 Å². The van der Waals surface area contributed by atoms with Gasteiger partial charge in [0.15, 0.2) is 0 Å². The van der Waals surface area contributed by atoms with Crippen molar-refractivity contribution in [1.82, 2.24) is 5.32 Å². The molecule has 4 heteroatoms. The summed E-state index contributed by atoms with van der Waals surface area (Å²) in [5.74, 6) is -0.480. The molecule has 0 heterocycles. The van der Waals surface area contributed by atoms with Crippen LogP contribution in [0.1, 0.15) is 6.92 Å². The second-order valence-corrected chi connectivity index (χ2v) is 1.38. The molecule has 1 amide bonds. The Bertz CT molecular complexity index is 138. The first-order chi connectivity index (χ1) is 4.31. The molecule has 1 N–H and O–H groups in total. The van der Waals surface area contributed by atoms with E-state index in [9.17, 15) is 9.59 Å². The molecule has 0 fully saturated rings. The standard InChI is InChI=1S/C5H8N2O2/c1-2-6-3-5(9)7-4-8/h6H,2-3H2,1H3. The van der Waals surface area contributed by atoms with Gasteiger partial charge in [0, 0.05) is 0 Å². The van der Waals surface area contributed by atoms with Crippen molar-refractivity contribution in [3.8, 4) is 0 Å². The highest BCUT2D eigenvalue weighted by Gasteiger charge is 1.93. The molecule has 0 rings (SSSR count). The van der Waals surface area contributed by atoms with Crippen LogP contribution in [-0.2, 0) is 9.59 Å². The van der Waals surface area contributed by atoms with Crippen molar-refractivity contribution in [2.24, 2.45) is 4.99 Å². The first kappa shape index (κ1) is 8.01. The Hall–Kier alpha value is -0.990. The lowest BCUT2D eigenvalue weighted by molar-refractivity contribution is -0.116. The number of carbonyl (C=O) groups excluding carboxylic acids is 2. The Kier molecular flexibility index (Phi) is 4.59. The van der Waals surface area contributed by atoms with Crippen LogP contribution < -0.4 is 5.32 Å². The van der Waals surface area contributed by atoms with Crippen LogP contribution in [-0.4, -0.2) is 25.1 Å². The average molecular weight is 128 g/mol. The Morgan fingerprint density at radius 2 is 2.44 bits per heavy atom. The van der Waals surface area contributed by atoms with Gasteiger partial charge in [0.05, 0.1) is 6.54 Å². The SMILES string of the molecule is CCNCC(=O)N=C=O. The number of isocyanates is 1. The molecule has 0 aliphatic rings. The van der Waals surface area contributed by atoms with Crippen molar-refractivity contribution in [2.75, 3.05) is 13.1 Å². The second kappa shape index (κ2) is 5.15. The molecule has 4 nitrogen and oxygen atoms in total. The van der Waals surface area contributed by atoms with E-state index in [1.165, 1.54) is 0 Å². The Morgan fingerprint density at radius 1 is 1.78 bits per heavy atom. The second-order valence-electron chi connectivity index (χ2n) is 1.38. The summed E-state index contributed by atoms with van der Waals surface area (Å²) in [4.78, 5) is 22.6. The van der Waals surface area contributed by atoms with Crippen LogP contribution in [0.4, 0.5) is 0 Å². The van der Waals surface area contributed by atoms with Crippen molar-refractivity contribution >= 4 is 12.0 Å². The molecular weight excluding hydrogens is 120 g/mol. The summed E-state index contributed by atoms with van der Waals surface area (Å²) in [6.45, 7) is 2.67. The lowest BCUT2D eigenvalue weighted by Gasteiger charge is -1.91. The maximum atomic E-state index is 10.3. The van der Waals surface area contributed by atoms with Crippen LogP contribution in [0.2, 0.25) is 0 Å². The van der Waals surface area contributed by atoms with Crippen LogP contribution in [0.15, 0.2) is 4.99 Å². The smallest absolute Gasteiger partial charge is 0.270 e. The third-order valence-electron chi connectivity index (χ3n) is 0.697. The average Bonchev–Trinajstić information content (AvgIpc) is 1.85. The Morgan fingerprint density at radius 3 is 2.89 bits per heavy atom. The highest BCUT2D eigenvalue weighted by atomic mass is 16.2. The third-order valence-corrected chi connectivity index (χ3v) is 0.697. The third kappa shape index (κ3) is 4.87. The summed E-state index contributed by atoms with van der Waals surface area (Å²) in [6, 6.07) is 0. The fourth-order valence-corrected chi connectivity index (χ4v) is 0.322. The Labute approximate surface area is 53.0 Å². The van der Waals surface area contributed by atoms with E-state index in [-0.39, 0.29) is 6.54 Å². The number of hydrogen-bond acceptors (Lipinski definition) is 3. The minimum Gasteiger partial charge on any atom is -0.309 e. The van der Waals surface area contributed by atoms with Crippen LogP contribution in [0.3, 0.4) is 0 Å². The van der Waals surface area contributed by atoms with E-state index in [1.807, 2.05) is 6.92 Å². The zero-order chi connectivity index (χ0) is 7.11. The molecule has 0 unspecified atom stereocenters. The highest BCUT2D eigenvalue weighted by molar-refractivity contribution is 5.83.